The van der Waals surface area contributed by atoms with E-state index in [1.54, 1.807) is 11.3 Å². The van der Waals surface area contributed by atoms with Crippen LogP contribution in [0.5, 0.6) is 0 Å². The fraction of sp³-hybridized carbons (Fsp3) is 0.167. The summed E-state index contributed by atoms with van der Waals surface area (Å²) in [7, 11) is 1.86. The second-order valence-corrected chi connectivity index (χ2v) is 5.93. The van der Waals surface area contributed by atoms with Gasteiger partial charge in [0.25, 0.3) is 0 Å². The van der Waals surface area contributed by atoms with Gasteiger partial charge in [-0.3, -0.25) is 0 Å². The van der Waals surface area contributed by atoms with Crippen LogP contribution in [0.15, 0.2) is 24.3 Å². The van der Waals surface area contributed by atoms with E-state index in [9.17, 15) is 0 Å². The molecule has 3 rings (SSSR count). The van der Waals surface area contributed by atoms with Crippen molar-refractivity contribution in [2.75, 3.05) is 12.4 Å². The van der Waals surface area contributed by atoms with Crippen LogP contribution in [0, 0.1) is 0 Å². The Bertz CT molecular complexity index is 604. The van der Waals surface area contributed by atoms with Gasteiger partial charge in [0.05, 0.1) is 0 Å². The number of nitrogens with zero attached hydrogens (tertiary/aromatic N) is 2. The molecule has 1 heterocycles. The first-order valence-electron chi connectivity index (χ1n) is 5.28. The topological polar surface area (TPSA) is 37.8 Å². The number of allylic oxidation sites excluding steroid dienone is 1. The second kappa shape index (κ2) is 4.38. The Labute approximate surface area is 117 Å². The van der Waals surface area contributed by atoms with Crippen molar-refractivity contribution in [3.8, 4) is 10.6 Å². The van der Waals surface area contributed by atoms with Gasteiger partial charge in [-0.25, -0.2) is 0 Å². The van der Waals surface area contributed by atoms with Crippen LogP contribution >= 0.6 is 33.9 Å². The van der Waals surface area contributed by atoms with Crippen LogP contribution in [0.2, 0.25) is 0 Å². The molecule has 1 N–H and O–H groups in total. The summed E-state index contributed by atoms with van der Waals surface area (Å²) < 4.78 is 1.33. The lowest BCUT2D eigenvalue weighted by Crippen LogP contribution is -1.85. The molecule has 86 valence electrons. The van der Waals surface area contributed by atoms with Crippen LogP contribution in [0.4, 0.5) is 5.13 Å². The minimum Gasteiger partial charge on any atom is -0.363 e. The fourth-order valence-electron chi connectivity index (χ4n) is 1.86. The molecule has 0 saturated heterocycles. The lowest BCUT2D eigenvalue weighted by atomic mass is 10.1. The van der Waals surface area contributed by atoms with E-state index in [0.717, 1.165) is 22.1 Å². The number of benzene rings is 1. The molecule has 1 aromatic heterocycles. The van der Waals surface area contributed by atoms with Crippen LogP contribution in [0.25, 0.3) is 14.2 Å². The zero-order valence-corrected chi connectivity index (χ0v) is 12.2. The van der Waals surface area contributed by atoms with Crippen molar-refractivity contribution in [3.05, 3.63) is 35.4 Å². The number of halogens is 1. The normalized spacial score (nSPS) is 13.4. The van der Waals surface area contributed by atoms with E-state index in [4.69, 9.17) is 0 Å². The van der Waals surface area contributed by atoms with Gasteiger partial charge in [-0.2, -0.15) is 0 Å². The van der Waals surface area contributed by atoms with Gasteiger partial charge in [0.1, 0.15) is 5.01 Å². The van der Waals surface area contributed by atoms with Gasteiger partial charge in [-0.05, 0) is 46.2 Å². The third-order valence-electron chi connectivity index (χ3n) is 2.75. The third-order valence-corrected chi connectivity index (χ3v) is 4.77. The zero-order chi connectivity index (χ0) is 11.8. The molecular weight excluding hydrogens is 345 g/mol. The van der Waals surface area contributed by atoms with Crippen molar-refractivity contribution in [3.63, 3.8) is 0 Å². The minimum atomic E-state index is 0.853. The molecule has 0 bridgehead atoms. The summed E-state index contributed by atoms with van der Waals surface area (Å²) in [5, 5.41) is 13.1. The van der Waals surface area contributed by atoms with E-state index in [-0.39, 0.29) is 0 Å². The van der Waals surface area contributed by atoms with E-state index in [0.29, 0.717) is 0 Å². The standard InChI is InChI=1S/C12H10IN3S/c1-14-12-16-15-11(17-12)8-3-2-7-4-5-10(13)9(7)6-8/h2-3,5-6H,4H2,1H3,(H,14,16). The third kappa shape index (κ3) is 1.97. The number of anilines is 1. The molecule has 2 aromatic rings. The van der Waals surface area contributed by atoms with Crippen molar-refractivity contribution < 1.29 is 0 Å². The maximum Gasteiger partial charge on any atom is 0.205 e. The van der Waals surface area contributed by atoms with E-state index in [1.807, 2.05) is 7.05 Å². The minimum absolute atomic E-state index is 0.853. The predicted octanol–water partition coefficient (Wildman–Crippen LogP) is 3.58. The van der Waals surface area contributed by atoms with Crippen LogP contribution in [0.1, 0.15) is 11.1 Å². The molecule has 0 spiro atoms. The Morgan fingerprint density at radius 1 is 1.35 bits per heavy atom. The van der Waals surface area contributed by atoms with Crippen molar-refractivity contribution in [2.45, 2.75) is 6.42 Å². The lowest BCUT2D eigenvalue weighted by Gasteiger charge is -2.02. The maximum atomic E-state index is 4.19. The summed E-state index contributed by atoms with van der Waals surface area (Å²) >= 11 is 3.97. The van der Waals surface area contributed by atoms with Gasteiger partial charge in [-0.15, -0.1) is 10.2 Å². The Morgan fingerprint density at radius 2 is 2.24 bits per heavy atom. The number of hydrogen-bond acceptors (Lipinski definition) is 4. The molecule has 0 amide bonds. The molecule has 0 fully saturated rings. The average Bonchev–Trinajstić information content (AvgIpc) is 2.96. The van der Waals surface area contributed by atoms with E-state index in [1.165, 1.54) is 14.7 Å². The smallest absolute Gasteiger partial charge is 0.205 e. The summed E-state index contributed by atoms with van der Waals surface area (Å²) in [5.74, 6) is 0. The Balaban J connectivity index is 2.04. The predicted molar refractivity (Wildman–Crippen MR) is 80.6 cm³/mol. The number of hydrogen-bond donors (Lipinski definition) is 1. The molecule has 3 nitrogen and oxygen atoms in total. The highest BCUT2D eigenvalue weighted by atomic mass is 127. The highest BCUT2D eigenvalue weighted by molar-refractivity contribution is 14.1. The largest absolute Gasteiger partial charge is 0.363 e. The van der Waals surface area contributed by atoms with Crippen molar-refractivity contribution >= 4 is 42.6 Å². The average molecular weight is 355 g/mol. The first kappa shape index (κ1) is 11.2. The summed E-state index contributed by atoms with van der Waals surface area (Å²) in [6, 6.07) is 6.52. The summed E-state index contributed by atoms with van der Waals surface area (Å²) in [6.45, 7) is 0. The van der Waals surface area contributed by atoms with Crippen LogP contribution in [0.3, 0.4) is 0 Å². The van der Waals surface area contributed by atoms with Gasteiger partial charge in [-0.1, -0.05) is 29.5 Å². The summed E-state index contributed by atoms with van der Waals surface area (Å²) in [5.41, 5.74) is 3.88. The number of rotatable bonds is 2. The van der Waals surface area contributed by atoms with Gasteiger partial charge in [0.15, 0.2) is 0 Å². The van der Waals surface area contributed by atoms with Crippen molar-refractivity contribution in [1.82, 2.24) is 10.2 Å². The number of nitrogens with one attached hydrogen (secondary N) is 1. The quantitative estimate of drug-likeness (QED) is 0.837. The molecule has 5 heteroatoms. The maximum absolute atomic E-state index is 4.19. The Kier molecular flexibility index (Phi) is 2.87. The number of aromatic nitrogens is 2. The summed E-state index contributed by atoms with van der Waals surface area (Å²) in [6.07, 6.45) is 3.31. The van der Waals surface area contributed by atoms with Gasteiger partial charge < -0.3 is 5.32 Å². The Morgan fingerprint density at radius 3 is 3.00 bits per heavy atom. The monoisotopic (exact) mass is 355 g/mol. The fourth-order valence-corrected chi connectivity index (χ4v) is 3.28. The van der Waals surface area contributed by atoms with E-state index >= 15 is 0 Å². The highest BCUT2D eigenvalue weighted by Gasteiger charge is 2.14. The van der Waals surface area contributed by atoms with Gasteiger partial charge >= 0.3 is 0 Å². The molecular formula is C12H10IN3S. The molecule has 0 radical (unpaired) electrons. The molecule has 0 saturated carbocycles. The van der Waals surface area contributed by atoms with Crippen LogP contribution < -0.4 is 5.32 Å². The van der Waals surface area contributed by atoms with Crippen molar-refractivity contribution in [2.24, 2.45) is 0 Å². The Hall–Kier alpha value is -0.950. The molecule has 0 atom stereocenters. The highest BCUT2D eigenvalue weighted by Crippen LogP contribution is 2.36. The molecule has 17 heavy (non-hydrogen) atoms. The van der Waals surface area contributed by atoms with Crippen molar-refractivity contribution in [1.29, 1.82) is 0 Å². The van der Waals surface area contributed by atoms with Gasteiger partial charge in [0.2, 0.25) is 5.13 Å². The van der Waals surface area contributed by atoms with E-state index in [2.05, 4.69) is 62.4 Å². The molecule has 1 aliphatic rings. The van der Waals surface area contributed by atoms with Crippen LogP contribution in [-0.4, -0.2) is 17.2 Å². The lowest BCUT2D eigenvalue weighted by molar-refractivity contribution is 1.09. The second-order valence-electron chi connectivity index (χ2n) is 3.79. The van der Waals surface area contributed by atoms with Gasteiger partial charge in [0, 0.05) is 16.2 Å². The molecule has 1 aliphatic carbocycles. The zero-order valence-electron chi connectivity index (χ0n) is 9.20. The molecule has 1 aromatic carbocycles. The van der Waals surface area contributed by atoms with Crippen LogP contribution in [-0.2, 0) is 6.42 Å². The first-order valence-corrected chi connectivity index (χ1v) is 7.18. The summed E-state index contributed by atoms with van der Waals surface area (Å²) in [4.78, 5) is 0. The van der Waals surface area contributed by atoms with E-state index < -0.39 is 0 Å². The molecule has 0 aliphatic heterocycles. The first-order chi connectivity index (χ1) is 8.28. The number of fused-ring (bicyclic) bond motifs is 1. The molecule has 0 unspecified atom stereocenters. The SMILES string of the molecule is CNc1nnc(-c2ccc3c(c2)C(I)=CC3)s1.